The van der Waals surface area contributed by atoms with Crippen molar-refractivity contribution in [2.45, 2.75) is 44.2 Å². The van der Waals surface area contributed by atoms with E-state index in [-0.39, 0.29) is 30.2 Å². The van der Waals surface area contributed by atoms with Crippen molar-refractivity contribution >= 4 is 29.1 Å². The van der Waals surface area contributed by atoms with Gasteiger partial charge in [-0.2, -0.15) is 5.10 Å². The highest BCUT2D eigenvalue weighted by Gasteiger charge is 2.35. The summed E-state index contributed by atoms with van der Waals surface area (Å²) in [5.41, 5.74) is -0.0845. The number of carbonyl (C=O) groups excluding carboxylic acids is 1. The highest BCUT2D eigenvalue weighted by molar-refractivity contribution is 6.35. The normalized spacial score (nSPS) is 18.9. The maximum atomic E-state index is 12.8. The first-order valence-electron chi connectivity index (χ1n) is 10.5. The van der Waals surface area contributed by atoms with Gasteiger partial charge in [0, 0.05) is 37.2 Å². The summed E-state index contributed by atoms with van der Waals surface area (Å²) >= 11 is 12.0. The minimum absolute atomic E-state index is 0.0221. The Balaban J connectivity index is 1.44. The monoisotopic (exact) mass is 468 g/mol. The standard InChI is InChI=1S/C21H26Cl2N4O4/c1-30-10-9-26-21(29)27(16-5-6-16)20(24-26)14-3-2-8-25(12-14)19(28)13-31-18-7-4-15(22)11-17(18)23/h4,7,11,14,16H,2-3,5-6,8-10,12-13H2,1H3. The number of methoxy groups -OCH3 is 1. The molecule has 0 spiro atoms. The molecule has 4 rings (SSSR count). The smallest absolute Gasteiger partial charge is 0.346 e. The van der Waals surface area contributed by atoms with Crippen LogP contribution in [0.2, 0.25) is 10.0 Å². The molecule has 8 nitrogen and oxygen atoms in total. The lowest BCUT2D eigenvalue weighted by atomic mass is 9.97. The van der Waals surface area contributed by atoms with E-state index in [0.29, 0.717) is 42.0 Å². The van der Waals surface area contributed by atoms with Crippen LogP contribution in [0.15, 0.2) is 23.0 Å². The van der Waals surface area contributed by atoms with Gasteiger partial charge in [0.1, 0.15) is 11.6 Å². The molecule has 10 heteroatoms. The van der Waals surface area contributed by atoms with E-state index in [2.05, 4.69) is 5.10 Å². The number of carbonyl (C=O) groups is 1. The summed E-state index contributed by atoms with van der Waals surface area (Å²) < 4.78 is 14.0. The van der Waals surface area contributed by atoms with Crippen molar-refractivity contribution in [3.63, 3.8) is 0 Å². The van der Waals surface area contributed by atoms with E-state index in [9.17, 15) is 9.59 Å². The number of halogens is 2. The lowest BCUT2D eigenvalue weighted by Crippen LogP contribution is -2.42. The molecule has 1 unspecified atom stereocenters. The summed E-state index contributed by atoms with van der Waals surface area (Å²) in [5.74, 6) is 1.11. The van der Waals surface area contributed by atoms with E-state index in [4.69, 9.17) is 32.7 Å². The number of amides is 1. The number of piperidine rings is 1. The van der Waals surface area contributed by atoms with Gasteiger partial charge in [0.05, 0.1) is 18.2 Å². The molecule has 1 aliphatic heterocycles. The van der Waals surface area contributed by atoms with Gasteiger partial charge in [-0.1, -0.05) is 23.2 Å². The fourth-order valence-corrected chi connectivity index (χ4v) is 4.42. The van der Waals surface area contributed by atoms with Crippen molar-refractivity contribution in [3.8, 4) is 5.75 Å². The summed E-state index contributed by atoms with van der Waals surface area (Å²) in [5, 5.41) is 5.50. The van der Waals surface area contributed by atoms with E-state index in [1.54, 1.807) is 30.2 Å². The molecule has 2 aliphatic rings. The summed E-state index contributed by atoms with van der Waals surface area (Å²) in [4.78, 5) is 27.4. The Kier molecular flexibility index (Phi) is 6.89. The second-order valence-corrected chi connectivity index (χ2v) is 8.84. The number of ether oxygens (including phenoxy) is 2. The zero-order chi connectivity index (χ0) is 22.0. The number of hydrogen-bond acceptors (Lipinski definition) is 5. The number of likely N-dealkylation sites (tertiary alicyclic amines) is 1. The number of benzene rings is 1. The Morgan fingerprint density at radius 1 is 1.26 bits per heavy atom. The van der Waals surface area contributed by atoms with Crippen LogP contribution in [0.3, 0.4) is 0 Å². The maximum absolute atomic E-state index is 12.8. The molecule has 31 heavy (non-hydrogen) atoms. The second kappa shape index (κ2) is 9.63. The van der Waals surface area contributed by atoms with Crippen LogP contribution in [0.1, 0.15) is 43.5 Å². The zero-order valence-electron chi connectivity index (χ0n) is 17.4. The number of hydrogen-bond donors (Lipinski definition) is 0. The van der Waals surface area contributed by atoms with Crippen molar-refractivity contribution in [1.29, 1.82) is 0 Å². The minimum Gasteiger partial charge on any atom is -0.482 e. The van der Waals surface area contributed by atoms with Crippen LogP contribution < -0.4 is 10.4 Å². The lowest BCUT2D eigenvalue weighted by molar-refractivity contribution is -0.134. The van der Waals surface area contributed by atoms with Crippen molar-refractivity contribution in [3.05, 3.63) is 44.6 Å². The molecule has 1 aromatic carbocycles. The van der Waals surface area contributed by atoms with Gasteiger partial charge in [-0.3, -0.25) is 9.36 Å². The third-order valence-corrected chi connectivity index (χ3v) is 6.23. The fourth-order valence-electron chi connectivity index (χ4n) is 3.95. The molecule has 1 amide bonds. The van der Waals surface area contributed by atoms with Gasteiger partial charge in [-0.25, -0.2) is 9.48 Å². The zero-order valence-corrected chi connectivity index (χ0v) is 18.9. The van der Waals surface area contributed by atoms with Crippen molar-refractivity contribution < 1.29 is 14.3 Å². The number of nitrogens with zero attached hydrogens (tertiary/aromatic N) is 4. The molecule has 2 fully saturated rings. The van der Waals surface area contributed by atoms with Gasteiger partial charge < -0.3 is 14.4 Å². The summed E-state index contributed by atoms with van der Waals surface area (Å²) in [6.45, 7) is 1.93. The predicted molar refractivity (Wildman–Crippen MR) is 117 cm³/mol. The van der Waals surface area contributed by atoms with Gasteiger partial charge in [-0.15, -0.1) is 0 Å². The quantitative estimate of drug-likeness (QED) is 0.594. The molecule has 1 aromatic heterocycles. The van der Waals surface area contributed by atoms with Crippen LogP contribution in [-0.2, 0) is 16.1 Å². The van der Waals surface area contributed by atoms with Crippen LogP contribution in [-0.4, -0.2) is 58.6 Å². The molecule has 1 atom stereocenters. The lowest BCUT2D eigenvalue weighted by Gasteiger charge is -2.32. The number of aromatic nitrogens is 3. The van der Waals surface area contributed by atoms with Crippen molar-refractivity contribution in [2.75, 3.05) is 33.4 Å². The fraction of sp³-hybridized carbons (Fsp3) is 0.571. The number of rotatable bonds is 8. The highest BCUT2D eigenvalue weighted by Crippen LogP contribution is 2.37. The molecule has 2 heterocycles. The van der Waals surface area contributed by atoms with Gasteiger partial charge in [0.2, 0.25) is 0 Å². The first-order valence-corrected chi connectivity index (χ1v) is 11.3. The Labute approximate surface area is 190 Å². The van der Waals surface area contributed by atoms with Crippen LogP contribution >= 0.6 is 23.2 Å². The molecular formula is C21H26Cl2N4O4. The van der Waals surface area contributed by atoms with Crippen molar-refractivity contribution in [1.82, 2.24) is 19.2 Å². The molecular weight excluding hydrogens is 443 g/mol. The third-order valence-electron chi connectivity index (χ3n) is 5.70. The SMILES string of the molecule is COCCn1nc(C2CCCN(C(=O)COc3ccc(Cl)cc3Cl)C2)n(C2CC2)c1=O. The minimum atomic E-state index is -0.116. The Morgan fingerprint density at radius 2 is 2.06 bits per heavy atom. The maximum Gasteiger partial charge on any atom is 0.346 e. The van der Waals surface area contributed by atoms with Gasteiger partial charge >= 0.3 is 5.69 Å². The Bertz CT molecular complexity index is 1000. The molecule has 2 aromatic rings. The molecule has 1 aliphatic carbocycles. The van der Waals surface area contributed by atoms with E-state index < -0.39 is 0 Å². The Hall–Kier alpha value is -2.03. The average Bonchev–Trinajstić information content (AvgIpc) is 3.54. The van der Waals surface area contributed by atoms with Gasteiger partial charge in [-0.05, 0) is 43.9 Å². The molecule has 1 saturated heterocycles. The van der Waals surface area contributed by atoms with E-state index in [1.165, 1.54) is 4.68 Å². The molecule has 1 saturated carbocycles. The van der Waals surface area contributed by atoms with Crippen LogP contribution in [0.25, 0.3) is 0 Å². The summed E-state index contributed by atoms with van der Waals surface area (Å²) in [7, 11) is 1.60. The van der Waals surface area contributed by atoms with Crippen LogP contribution in [0.4, 0.5) is 0 Å². The molecule has 0 radical (unpaired) electrons. The van der Waals surface area contributed by atoms with Crippen molar-refractivity contribution in [2.24, 2.45) is 0 Å². The van der Waals surface area contributed by atoms with Crippen LogP contribution in [0.5, 0.6) is 5.75 Å². The average molecular weight is 469 g/mol. The Morgan fingerprint density at radius 3 is 2.77 bits per heavy atom. The van der Waals surface area contributed by atoms with E-state index in [1.807, 2.05) is 4.57 Å². The molecule has 0 bridgehead atoms. The van der Waals surface area contributed by atoms with E-state index >= 15 is 0 Å². The van der Waals surface area contributed by atoms with Crippen LogP contribution in [0, 0.1) is 0 Å². The van der Waals surface area contributed by atoms with Gasteiger partial charge in [0.15, 0.2) is 6.61 Å². The third kappa shape index (κ3) is 5.07. The summed E-state index contributed by atoms with van der Waals surface area (Å²) in [6, 6.07) is 5.12. The summed E-state index contributed by atoms with van der Waals surface area (Å²) in [6.07, 6.45) is 3.73. The first-order chi connectivity index (χ1) is 15.0. The second-order valence-electron chi connectivity index (χ2n) is 8.00. The topological polar surface area (TPSA) is 78.6 Å². The largest absolute Gasteiger partial charge is 0.482 e. The highest BCUT2D eigenvalue weighted by atomic mass is 35.5. The molecule has 0 N–H and O–H groups in total. The van der Waals surface area contributed by atoms with E-state index in [0.717, 1.165) is 31.5 Å². The van der Waals surface area contributed by atoms with Gasteiger partial charge in [0.25, 0.3) is 5.91 Å². The molecule has 168 valence electrons. The predicted octanol–water partition coefficient (Wildman–Crippen LogP) is 3.12. The first kappa shape index (κ1) is 22.2.